The second-order valence-corrected chi connectivity index (χ2v) is 4.72. The maximum absolute atomic E-state index is 11.8. The van der Waals surface area contributed by atoms with Crippen molar-refractivity contribution in [3.8, 4) is 0 Å². The highest BCUT2D eigenvalue weighted by atomic mass is 16.1. The Morgan fingerprint density at radius 2 is 2.00 bits per heavy atom. The van der Waals surface area contributed by atoms with Crippen LogP contribution in [0.15, 0.2) is 42.7 Å². The summed E-state index contributed by atoms with van der Waals surface area (Å²) >= 11 is 0. The number of benzene rings is 2. The summed E-state index contributed by atoms with van der Waals surface area (Å²) in [5, 5.41) is 13.2. The summed E-state index contributed by atoms with van der Waals surface area (Å²) in [6.07, 6.45) is 1.60. The molecule has 102 valence electrons. The van der Waals surface area contributed by atoms with Crippen molar-refractivity contribution >= 4 is 33.4 Å². The number of nitrogens with zero attached hydrogens (tertiary/aromatic N) is 4. The van der Waals surface area contributed by atoms with Gasteiger partial charge in [-0.1, -0.05) is 30.3 Å². The predicted octanol–water partition coefficient (Wildman–Crippen LogP) is 1.79. The van der Waals surface area contributed by atoms with Crippen molar-refractivity contribution in [3.05, 3.63) is 48.4 Å². The van der Waals surface area contributed by atoms with Crippen LogP contribution in [0.25, 0.3) is 27.5 Å². The third-order valence-corrected chi connectivity index (χ3v) is 3.57. The van der Waals surface area contributed by atoms with Gasteiger partial charge in [-0.05, 0) is 11.5 Å². The minimum absolute atomic E-state index is 0.271. The molecule has 21 heavy (non-hydrogen) atoms. The maximum atomic E-state index is 11.8. The fourth-order valence-electron chi connectivity index (χ4n) is 2.53. The number of rotatable bonds is 1. The first-order valence-corrected chi connectivity index (χ1v) is 6.53. The highest BCUT2D eigenvalue weighted by molar-refractivity contribution is 6.05. The van der Waals surface area contributed by atoms with Gasteiger partial charge in [0.05, 0.1) is 5.52 Å². The molecule has 0 fully saturated rings. The number of hydrogen-bond donors (Lipinski definition) is 1. The zero-order chi connectivity index (χ0) is 14.4. The van der Waals surface area contributed by atoms with E-state index in [-0.39, 0.29) is 11.6 Å². The molecule has 0 bridgehead atoms. The highest BCUT2D eigenvalue weighted by Gasteiger charge is 2.16. The molecule has 0 saturated heterocycles. The van der Waals surface area contributed by atoms with Crippen molar-refractivity contribution in [3.63, 3.8) is 0 Å². The summed E-state index contributed by atoms with van der Waals surface area (Å²) in [5.41, 5.74) is 2.40. The SMILES string of the molecule is CNC(=O)c1ncn2c1nnc1c3ccccc3ccc12. The highest BCUT2D eigenvalue weighted by Crippen LogP contribution is 2.24. The van der Waals surface area contributed by atoms with Crippen LogP contribution in [0.2, 0.25) is 0 Å². The third kappa shape index (κ3) is 1.59. The maximum Gasteiger partial charge on any atom is 0.273 e. The van der Waals surface area contributed by atoms with Crippen molar-refractivity contribution in [1.82, 2.24) is 24.9 Å². The fourth-order valence-corrected chi connectivity index (χ4v) is 2.53. The molecule has 4 aromatic rings. The number of carbonyl (C=O) groups is 1. The molecule has 6 heteroatoms. The zero-order valence-corrected chi connectivity index (χ0v) is 11.2. The molecule has 1 amide bonds. The van der Waals surface area contributed by atoms with Crippen LogP contribution < -0.4 is 5.32 Å². The summed E-state index contributed by atoms with van der Waals surface area (Å²) in [5.74, 6) is -0.271. The van der Waals surface area contributed by atoms with Crippen LogP contribution in [0.5, 0.6) is 0 Å². The smallest absolute Gasteiger partial charge is 0.273 e. The number of imidazole rings is 1. The Morgan fingerprint density at radius 1 is 1.14 bits per heavy atom. The van der Waals surface area contributed by atoms with Crippen LogP contribution in [0.1, 0.15) is 10.5 Å². The first-order chi connectivity index (χ1) is 10.3. The number of hydrogen-bond acceptors (Lipinski definition) is 4. The minimum Gasteiger partial charge on any atom is -0.354 e. The molecule has 6 nitrogen and oxygen atoms in total. The van der Waals surface area contributed by atoms with Gasteiger partial charge in [0.25, 0.3) is 5.91 Å². The molecular weight excluding hydrogens is 266 g/mol. The summed E-state index contributed by atoms with van der Waals surface area (Å²) < 4.78 is 1.79. The molecular formula is C15H11N5O. The number of fused-ring (bicyclic) bond motifs is 5. The van der Waals surface area contributed by atoms with E-state index in [1.165, 1.54) is 0 Å². The first-order valence-electron chi connectivity index (χ1n) is 6.53. The van der Waals surface area contributed by atoms with Crippen LogP contribution in [0.4, 0.5) is 0 Å². The Balaban J connectivity index is 2.13. The molecule has 0 aliphatic carbocycles. The zero-order valence-electron chi connectivity index (χ0n) is 11.2. The van der Waals surface area contributed by atoms with Gasteiger partial charge in [0.2, 0.25) is 0 Å². The average molecular weight is 277 g/mol. The van der Waals surface area contributed by atoms with E-state index in [0.29, 0.717) is 5.65 Å². The molecule has 0 atom stereocenters. The predicted molar refractivity (Wildman–Crippen MR) is 79.2 cm³/mol. The fraction of sp³-hybridized carbons (Fsp3) is 0.0667. The lowest BCUT2D eigenvalue weighted by Crippen LogP contribution is -2.18. The molecule has 0 aliphatic rings. The van der Waals surface area contributed by atoms with Crippen LogP contribution >= 0.6 is 0 Å². The lowest BCUT2D eigenvalue weighted by molar-refractivity contribution is 0.0960. The average Bonchev–Trinajstić information content (AvgIpc) is 2.98. The molecule has 0 saturated carbocycles. The Morgan fingerprint density at radius 3 is 2.86 bits per heavy atom. The van der Waals surface area contributed by atoms with E-state index < -0.39 is 0 Å². The van der Waals surface area contributed by atoms with Crippen molar-refractivity contribution in [2.75, 3.05) is 7.05 Å². The quantitative estimate of drug-likeness (QED) is 0.538. The third-order valence-electron chi connectivity index (χ3n) is 3.57. The topological polar surface area (TPSA) is 72.2 Å². The Bertz CT molecular complexity index is 1000. The van der Waals surface area contributed by atoms with Gasteiger partial charge >= 0.3 is 0 Å². The molecule has 0 spiro atoms. The molecule has 4 rings (SSSR count). The molecule has 2 heterocycles. The monoisotopic (exact) mass is 277 g/mol. The van der Waals surface area contributed by atoms with Gasteiger partial charge in [0, 0.05) is 12.4 Å². The standard InChI is InChI=1S/C15H11N5O/c1-16-15(21)13-14-19-18-12-10-5-3-2-4-9(10)6-7-11(12)20(14)8-17-13/h2-8H,1H3,(H,16,21). The van der Waals surface area contributed by atoms with Crippen LogP contribution in [-0.4, -0.2) is 32.5 Å². The Hall–Kier alpha value is -3.02. The Kier molecular flexibility index (Phi) is 2.38. The van der Waals surface area contributed by atoms with Crippen molar-refractivity contribution in [1.29, 1.82) is 0 Å². The lowest BCUT2D eigenvalue weighted by atomic mass is 10.1. The van der Waals surface area contributed by atoms with Gasteiger partial charge in [-0.2, -0.15) is 0 Å². The van der Waals surface area contributed by atoms with Crippen molar-refractivity contribution < 1.29 is 4.79 Å². The normalized spacial score (nSPS) is 11.3. The molecule has 0 aliphatic heterocycles. The van der Waals surface area contributed by atoms with Crippen LogP contribution in [-0.2, 0) is 0 Å². The van der Waals surface area contributed by atoms with E-state index in [0.717, 1.165) is 21.8 Å². The largest absolute Gasteiger partial charge is 0.354 e. The van der Waals surface area contributed by atoms with Crippen molar-refractivity contribution in [2.24, 2.45) is 0 Å². The second kappa shape index (κ2) is 4.24. The number of nitrogens with one attached hydrogen (secondary N) is 1. The van der Waals surface area contributed by atoms with Gasteiger partial charge < -0.3 is 5.32 Å². The van der Waals surface area contributed by atoms with E-state index in [9.17, 15) is 4.79 Å². The molecule has 2 aromatic heterocycles. The summed E-state index contributed by atoms with van der Waals surface area (Å²) in [7, 11) is 1.56. The molecule has 2 aromatic carbocycles. The number of amides is 1. The Labute approximate surface area is 119 Å². The van der Waals surface area contributed by atoms with Gasteiger partial charge in [0.1, 0.15) is 11.8 Å². The summed E-state index contributed by atoms with van der Waals surface area (Å²) in [6, 6.07) is 12.0. The van der Waals surface area contributed by atoms with Crippen LogP contribution in [0, 0.1) is 0 Å². The van der Waals surface area contributed by atoms with Gasteiger partial charge in [0.15, 0.2) is 11.3 Å². The summed E-state index contributed by atoms with van der Waals surface area (Å²) in [4.78, 5) is 15.9. The second-order valence-electron chi connectivity index (χ2n) is 4.72. The van der Waals surface area contributed by atoms with E-state index in [1.54, 1.807) is 17.8 Å². The van der Waals surface area contributed by atoms with Gasteiger partial charge in [-0.3, -0.25) is 9.20 Å². The molecule has 1 N–H and O–H groups in total. The van der Waals surface area contributed by atoms with Gasteiger partial charge in [-0.15, -0.1) is 10.2 Å². The molecule has 0 unspecified atom stereocenters. The minimum atomic E-state index is -0.271. The summed E-state index contributed by atoms with van der Waals surface area (Å²) in [6.45, 7) is 0. The van der Waals surface area contributed by atoms with Gasteiger partial charge in [-0.25, -0.2) is 4.98 Å². The van der Waals surface area contributed by atoms with E-state index in [2.05, 4.69) is 20.5 Å². The lowest BCUT2D eigenvalue weighted by Gasteiger charge is -2.04. The number of aromatic nitrogens is 4. The van der Waals surface area contributed by atoms with E-state index >= 15 is 0 Å². The number of carbonyl (C=O) groups excluding carboxylic acids is 1. The van der Waals surface area contributed by atoms with E-state index in [1.807, 2.05) is 36.4 Å². The van der Waals surface area contributed by atoms with E-state index in [4.69, 9.17) is 0 Å². The van der Waals surface area contributed by atoms with Crippen molar-refractivity contribution in [2.45, 2.75) is 0 Å². The van der Waals surface area contributed by atoms with Crippen LogP contribution in [0.3, 0.4) is 0 Å². The first kappa shape index (κ1) is 11.8. The molecule has 0 radical (unpaired) electrons.